The van der Waals surface area contributed by atoms with Gasteiger partial charge in [0, 0.05) is 12.1 Å². The molecule has 1 aromatic heterocycles. The number of aromatic nitrogens is 3. The van der Waals surface area contributed by atoms with Crippen LogP contribution in [0.3, 0.4) is 0 Å². The Morgan fingerprint density at radius 3 is 2.59 bits per heavy atom. The van der Waals surface area contributed by atoms with E-state index in [1.807, 2.05) is 25.1 Å². The summed E-state index contributed by atoms with van der Waals surface area (Å²) < 4.78 is 2.11. The summed E-state index contributed by atoms with van der Waals surface area (Å²) in [5.74, 6) is 1.95. The van der Waals surface area contributed by atoms with Crippen molar-refractivity contribution in [2.45, 2.75) is 26.2 Å². The number of nitrogens with two attached hydrogens (primary N) is 1. The topological polar surface area (TPSA) is 56.7 Å². The van der Waals surface area contributed by atoms with Crippen molar-refractivity contribution in [1.82, 2.24) is 14.8 Å². The summed E-state index contributed by atoms with van der Waals surface area (Å²) in [5, 5.41) is 8.39. The van der Waals surface area contributed by atoms with Gasteiger partial charge in [0.1, 0.15) is 11.6 Å². The fraction of sp³-hybridized carbons (Fsp3) is 0.385. The third-order valence-corrected chi connectivity index (χ3v) is 2.76. The molecule has 90 valence electrons. The van der Waals surface area contributed by atoms with Crippen LogP contribution in [0.4, 0.5) is 0 Å². The van der Waals surface area contributed by atoms with Crippen molar-refractivity contribution in [3.63, 3.8) is 0 Å². The maximum Gasteiger partial charge on any atom is 0.137 e. The lowest BCUT2D eigenvalue weighted by Gasteiger charge is -2.08. The molecule has 0 bridgehead atoms. The van der Waals surface area contributed by atoms with Gasteiger partial charge in [-0.1, -0.05) is 18.2 Å². The second kappa shape index (κ2) is 5.59. The standard InChI is InChI=1S/C13H18N4/c1-11-15-16-13(9-5-6-10-14)17(11)12-7-3-2-4-8-12/h2-4,7-8H,5-6,9-10,14H2,1H3. The summed E-state index contributed by atoms with van der Waals surface area (Å²) in [4.78, 5) is 0. The third-order valence-electron chi connectivity index (χ3n) is 2.76. The average molecular weight is 230 g/mol. The van der Waals surface area contributed by atoms with Crippen molar-refractivity contribution in [2.75, 3.05) is 6.54 Å². The molecule has 0 unspecified atom stereocenters. The van der Waals surface area contributed by atoms with Crippen LogP contribution in [0.25, 0.3) is 5.69 Å². The van der Waals surface area contributed by atoms with Crippen LogP contribution in [0, 0.1) is 6.92 Å². The Morgan fingerprint density at radius 1 is 1.12 bits per heavy atom. The number of unbranched alkanes of at least 4 members (excludes halogenated alkanes) is 1. The molecule has 4 heteroatoms. The van der Waals surface area contributed by atoms with Crippen molar-refractivity contribution < 1.29 is 0 Å². The minimum atomic E-state index is 0.735. The number of nitrogens with zero attached hydrogens (tertiary/aromatic N) is 3. The molecule has 0 spiro atoms. The molecule has 2 rings (SSSR count). The van der Waals surface area contributed by atoms with Gasteiger partial charge >= 0.3 is 0 Å². The van der Waals surface area contributed by atoms with Crippen LogP contribution in [0.15, 0.2) is 30.3 Å². The summed E-state index contributed by atoms with van der Waals surface area (Å²) in [6.45, 7) is 2.71. The number of benzene rings is 1. The average Bonchev–Trinajstić information content (AvgIpc) is 2.72. The van der Waals surface area contributed by atoms with E-state index < -0.39 is 0 Å². The van der Waals surface area contributed by atoms with E-state index >= 15 is 0 Å². The molecule has 0 fully saturated rings. The zero-order valence-electron chi connectivity index (χ0n) is 10.1. The fourth-order valence-corrected chi connectivity index (χ4v) is 1.91. The maximum absolute atomic E-state index is 5.50. The quantitative estimate of drug-likeness (QED) is 0.798. The van der Waals surface area contributed by atoms with Gasteiger partial charge in [0.25, 0.3) is 0 Å². The molecule has 0 aliphatic heterocycles. The van der Waals surface area contributed by atoms with E-state index in [-0.39, 0.29) is 0 Å². The summed E-state index contributed by atoms with van der Waals surface area (Å²) in [6.07, 6.45) is 3.01. The molecule has 1 heterocycles. The highest BCUT2D eigenvalue weighted by atomic mass is 15.3. The monoisotopic (exact) mass is 230 g/mol. The summed E-state index contributed by atoms with van der Waals surface area (Å²) in [7, 11) is 0. The highest BCUT2D eigenvalue weighted by Gasteiger charge is 2.09. The SMILES string of the molecule is Cc1nnc(CCCCN)n1-c1ccccc1. The first-order valence-corrected chi connectivity index (χ1v) is 5.99. The van der Waals surface area contributed by atoms with Crippen molar-refractivity contribution in [2.24, 2.45) is 5.73 Å². The van der Waals surface area contributed by atoms with Crippen LogP contribution in [-0.4, -0.2) is 21.3 Å². The van der Waals surface area contributed by atoms with E-state index in [9.17, 15) is 0 Å². The molecular formula is C13H18N4. The van der Waals surface area contributed by atoms with Crippen LogP contribution in [0.1, 0.15) is 24.5 Å². The molecule has 1 aromatic carbocycles. The number of hydrogen-bond donors (Lipinski definition) is 1. The molecule has 17 heavy (non-hydrogen) atoms. The van der Waals surface area contributed by atoms with Crippen LogP contribution in [0.2, 0.25) is 0 Å². The Bertz CT molecular complexity index is 462. The molecule has 2 N–H and O–H groups in total. The lowest BCUT2D eigenvalue weighted by Crippen LogP contribution is -2.05. The van der Waals surface area contributed by atoms with Gasteiger partial charge in [-0.15, -0.1) is 10.2 Å². The van der Waals surface area contributed by atoms with Gasteiger partial charge < -0.3 is 5.73 Å². The smallest absolute Gasteiger partial charge is 0.137 e. The van der Waals surface area contributed by atoms with Gasteiger partial charge in [0.05, 0.1) is 0 Å². The summed E-state index contributed by atoms with van der Waals surface area (Å²) in [6, 6.07) is 10.2. The van der Waals surface area contributed by atoms with Gasteiger partial charge in [-0.2, -0.15) is 0 Å². The first-order chi connectivity index (χ1) is 8.33. The van der Waals surface area contributed by atoms with E-state index in [1.165, 1.54) is 0 Å². The predicted molar refractivity (Wildman–Crippen MR) is 68.1 cm³/mol. The van der Waals surface area contributed by atoms with E-state index in [0.717, 1.165) is 43.1 Å². The highest BCUT2D eigenvalue weighted by molar-refractivity contribution is 5.33. The third kappa shape index (κ3) is 2.71. The Hall–Kier alpha value is -1.68. The molecule has 2 aromatic rings. The predicted octanol–water partition coefficient (Wildman–Crippen LogP) is 1.86. The summed E-state index contributed by atoms with van der Waals surface area (Å²) in [5.41, 5.74) is 6.63. The maximum atomic E-state index is 5.50. The second-order valence-electron chi connectivity index (χ2n) is 4.08. The first kappa shape index (κ1) is 11.8. The molecule has 0 aliphatic carbocycles. The molecule has 4 nitrogen and oxygen atoms in total. The first-order valence-electron chi connectivity index (χ1n) is 5.99. The Kier molecular flexibility index (Phi) is 3.88. The van der Waals surface area contributed by atoms with Gasteiger partial charge in [-0.05, 0) is 38.4 Å². The zero-order chi connectivity index (χ0) is 12.1. The second-order valence-corrected chi connectivity index (χ2v) is 4.08. The lowest BCUT2D eigenvalue weighted by atomic mass is 10.2. The van der Waals surface area contributed by atoms with Crippen LogP contribution in [0.5, 0.6) is 0 Å². The molecule has 0 aliphatic rings. The Morgan fingerprint density at radius 2 is 1.88 bits per heavy atom. The minimum Gasteiger partial charge on any atom is -0.330 e. The van der Waals surface area contributed by atoms with Gasteiger partial charge in [0.2, 0.25) is 0 Å². The molecule has 0 radical (unpaired) electrons. The van der Waals surface area contributed by atoms with E-state index in [0.29, 0.717) is 0 Å². The van der Waals surface area contributed by atoms with E-state index in [2.05, 4.69) is 26.9 Å². The molecule has 0 amide bonds. The van der Waals surface area contributed by atoms with Crippen molar-refractivity contribution in [3.8, 4) is 5.69 Å². The Labute approximate surface area is 101 Å². The van der Waals surface area contributed by atoms with Gasteiger partial charge in [-0.3, -0.25) is 4.57 Å². The van der Waals surface area contributed by atoms with Crippen molar-refractivity contribution in [3.05, 3.63) is 42.0 Å². The largest absolute Gasteiger partial charge is 0.330 e. The number of rotatable bonds is 5. The highest BCUT2D eigenvalue weighted by Crippen LogP contribution is 2.13. The zero-order valence-corrected chi connectivity index (χ0v) is 10.1. The molecular weight excluding hydrogens is 212 g/mol. The molecule has 0 atom stereocenters. The number of para-hydroxylation sites is 1. The normalized spacial score (nSPS) is 10.7. The van der Waals surface area contributed by atoms with Crippen molar-refractivity contribution in [1.29, 1.82) is 0 Å². The van der Waals surface area contributed by atoms with Crippen molar-refractivity contribution >= 4 is 0 Å². The van der Waals surface area contributed by atoms with Gasteiger partial charge in [-0.25, -0.2) is 0 Å². The van der Waals surface area contributed by atoms with E-state index in [4.69, 9.17) is 5.73 Å². The molecule has 0 saturated heterocycles. The minimum absolute atomic E-state index is 0.735. The number of hydrogen-bond acceptors (Lipinski definition) is 3. The van der Waals surface area contributed by atoms with Crippen LogP contribution < -0.4 is 5.73 Å². The summed E-state index contributed by atoms with van der Waals surface area (Å²) >= 11 is 0. The Balaban J connectivity index is 2.24. The van der Waals surface area contributed by atoms with Gasteiger partial charge in [0.15, 0.2) is 0 Å². The number of aryl methyl sites for hydroxylation is 2. The van der Waals surface area contributed by atoms with Crippen LogP contribution >= 0.6 is 0 Å². The fourth-order valence-electron chi connectivity index (χ4n) is 1.91. The lowest BCUT2D eigenvalue weighted by molar-refractivity contribution is 0.703. The van der Waals surface area contributed by atoms with E-state index in [1.54, 1.807) is 0 Å². The van der Waals surface area contributed by atoms with Crippen LogP contribution in [-0.2, 0) is 6.42 Å². The molecule has 0 saturated carbocycles.